The molecule has 8 aromatic rings. The Bertz CT molecular complexity index is 2140. The number of imidazole rings is 1. The minimum absolute atomic E-state index is 0.507. The zero-order valence-corrected chi connectivity index (χ0v) is 20.1. The normalized spacial score (nSPS) is 11.6. The molecule has 0 amide bonds. The van der Waals surface area contributed by atoms with Crippen molar-refractivity contribution >= 4 is 33.2 Å². The first-order valence-electron chi connectivity index (χ1n) is 12.1. The average Bonchev–Trinajstić information content (AvgIpc) is 3.74. The molecule has 11 heteroatoms. The van der Waals surface area contributed by atoms with Crippen molar-refractivity contribution in [3.8, 4) is 34.0 Å². The van der Waals surface area contributed by atoms with Gasteiger partial charge in [-0.05, 0) is 30.3 Å². The van der Waals surface area contributed by atoms with Crippen molar-refractivity contribution in [3.63, 3.8) is 0 Å². The third-order valence-electron chi connectivity index (χ3n) is 6.63. The van der Waals surface area contributed by atoms with E-state index >= 15 is 0 Å². The van der Waals surface area contributed by atoms with Gasteiger partial charge in [0.05, 0.1) is 22.9 Å². The maximum atomic E-state index is 5.73. The number of hydrogen-bond donors (Lipinski definition) is 0. The van der Waals surface area contributed by atoms with Gasteiger partial charge in [-0.3, -0.25) is 4.57 Å². The number of aromatic nitrogens is 10. The lowest BCUT2D eigenvalue weighted by atomic mass is 10.0. The van der Waals surface area contributed by atoms with Crippen LogP contribution >= 0.6 is 0 Å². The molecule has 8 rings (SSSR count). The first kappa shape index (κ1) is 21.3. The molecule has 6 aromatic heterocycles. The van der Waals surface area contributed by atoms with Gasteiger partial charge in [-0.1, -0.05) is 29.5 Å². The van der Waals surface area contributed by atoms with Gasteiger partial charge in [0.1, 0.15) is 41.4 Å². The number of fused-ring (bicyclic) bond motifs is 3. The number of benzene rings is 2. The van der Waals surface area contributed by atoms with E-state index in [0.29, 0.717) is 22.7 Å². The fraction of sp³-hybridized carbons (Fsp3) is 0. The highest BCUT2D eigenvalue weighted by molar-refractivity contribution is 6.01. The van der Waals surface area contributed by atoms with E-state index in [9.17, 15) is 0 Å². The fourth-order valence-corrected chi connectivity index (χ4v) is 4.88. The second-order valence-corrected chi connectivity index (χ2v) is 8.77. The first-order chi connectivity index (χ1) is 19.4. The summed E-state index contributed by atoms with van der Waals surface area (Å²) in [4.78, 5) is 26.9. The Kier molecular flexibility index (Phi) is 4.55. The van der Waals surface area contributed by atoms with E-state index in [4.69, 9.17) is 9.40 Å². The van der Waals surface area contributed by atoms with Gasteiger partial charge in [0.2, 0.25) is 0 Å². The van der Waals surface area contributed by atoms with Crippen molar-refractivity contribution in [2.24, 2.45) is 0 Å². The summed E-state index contributed by atoms with van der Waals surface area (Å²) in [6.07, 6.45) is 11.8. The van der Waals surface area contributed by atoms with E-state index < -0.39 is 0 Å². The quantitative estimate of drug-likeness (QED) is 0.329. The molecule has 0 fully saturated rings. The molecular weight excluding hydrogens is 492 g/mol. The molecule has 6 heterocycles. The van der Waals surface area contributed by atoms with Gasteiger partial charge >= 0.3 is 0 Å². The van der Waals surface area contributed by atoms with E-state index in [0.717, 1.165) is 44.5 Å². The number of nitrogens with zero attached hydrogens (tertiary/aromatic N) is 10. The van der Waals surface area contributed by atoms with Crippen LogP contribution in [0.1, 0.15) is 0 Å². The molecule has 39 heavy (non-hydrogen) atoms. The third kappa shape index (κ3) is 3.23. The van der Waals surface area contributed by atoms with Crippen LogP contribution in [0.3, 0.4) is 0 Å². The van der Waals surface area contributed by atoms with Crippen LogP contribution in [0.5, 0.6) is 0 Å². The Morgan fingerprint density at radius 2 is 1.62 bits per heavy atom. The van der Waals surface area contributed by atoms with Crippen molar-refractivity contribution in [2.45, 2.75) is 0 Å². The molecule has 0 spiro atoms. The minimum Gasteiger partial charge on any atom is -0.462 e. The van der Waals surface area contributed by atoms with Crippen LogP contribution < -0.4 is 0 Å². The van der Waals surface area contributed by atoms with Crippen LogP contribution in [-0.2, 0) is 0 Å². The predicted molar refractivity (Wildman–Crippen MR) is 143 cm³/mol. The minimum atomic E-state index is 0.507. The van der Waals surface area contributed by atoms with E-state index in [1.807, 2.05) is 53.1 Å². The van der Waals surface area contributed by atoms with Crippen LogP contribution in [0.25, 0.3) is 67.2 Å². The second-order valence-electron chi connectivity index (χ2n) is 8.77. The number of pyridine rings is 1. The zero-order chi connectivity index (χ0) is 25.8. The molecule has 11 nitrogen and oxygen atoms in total. The van der Waals surface area contributed by atoms with E-state index in [1.54, 1.807) is 48.1 Å². The summed E-state index contributed by atoms with van der Waals surface area (Å²) in [5.74, 6) is 0.507. The molecule has 2 aromatic carbocycles. The molecule has 0 saturated heterocycles. The van der Waals surface area contributed by atoms with Crippen LogP contribution in [0.2, 0.25) is 0 Å². The summed E-state index contributed by atoms with van der Waals surface area (Å²) in [7, 11) is 0. The smallest absolute Gasteiger partial charge is 0.184 e. The van der Waals surface area contributed by atoms with E-state index in [2.05, 4.69) is 35.2 Å². The SMILES string of the molecule is c1cnc(-c2ncncc2-n2cnc3c(-c4ccnc5c4nnn5-c4coc5ccccc45)cccc32)nc1. The maximum absolute atomic E-state index is 5.73. The van der Waals surface area contributed by atoms with Crippen LogP contribution in [0.4, 0.5) is 0 Å². The molecule has 0 radical (unpaired) electrons. The number of hydrogen-bond acceptors (Lipinski definition) is 9. The highest BCUT2D eigenvalue weighted by Crippen LogP contribution is 2.34. The van der Waals surface area contributed by atoms with E-state index in [1.165, 1.54) is 6.33 Å². The van der Waals surface area contributed by atoms with Gasteiger partial charge in [0, 0.05) is 35.1 Å². The standard InChI is InChI=1S/C28H16N10O/c1-2-8-23-19(5-1)22(14-39-23)38-28-25(35-36-38)18(9-12-32-28)17-6-3-7-20-24(17)34-16-37(20)21-13-29-15-33-26(21)27-30-10-4-11-31-27/h1-16H. The van der Waals surface area contributed by atoms with Gasteiger partial charge in [0.25, 0.3) is 0 Å². The Hall–Kier alpha value is -5.84. The topological polar surface area (TPSA) is 126 Å². The van der Waals surface area contributed by atoms with Gasteiger partial charge in [-0.15, -0.1) is 5.10 Å². The molecule has 0 N–H and O–H groups in total. The van der Waals surface area contributed by atoms with E-state index in [-0.39, 0.29) is 0 Å². The maximum Gasteiger partial charge on any atom is 0.184 e. The summed E-state index contributed by atoms with van der Waals surface area (Å²) in [6.45, 7) is 0. The van der Waals surface area contributed by atoms with Crippen molar-refractivity contribution in [2.75, 3.05) is 0 Å². The summed E-state index contributed by atoms with van der Waals surface area (Å²) < 4.78 is 9.38. The van der Waals surface area contributed by atoms with Gasteiger partial charge in [0.15, 0.2) is 11.5 Å². The Morgan fingerprint density at radius 1 is 0.718 bits per heavy atom. The number of furan rings is 1. The summed E-state index contributed by atoms with van der Waals surface area (Å²) in [6, 6.07) is 17.5. The monoisotopic (exact) mass is 508 g/mol. The third-order valence-corrected chi connectivity index (χ3v) is 6.63. The molecule has 0 aliphatic heterocycles. The van der Waals surface area contributed by atoms with Crippen LogP contribution in [0.15, 0.2) is 103 Å². The lowest BCUT2D eigenvalue weighted by Crippen LogP contribution is -2.01. The predicted octanol–water partition coefficient (Wildman–Crippen LogP) is 4.81. The molecule has 0 bridgehead atoms. The fourth-order valence-electron chi connectivity index (χ4n) is 4.88. The lowest BCUT2D eigenvalue weighted by Gasteiger charge is -2.09. The number of rotatable bonds is 4. The van der Waals surface area contributed by atoms with Crippen LogP contribution in [0, 0.1) is 0 Å². The summed E-state index contributed by atoms with van der Waals surface area (Å²) >= 11 is 0. The lowest BCUT2D eigenvalue weighted by molar-refractivity contribution is 0.610. The molecular formula is C28H16N10O. The first-order valence-corrected chi connectivity index (χ1v) is 12.1. The average molecular weight is 509 g/mol. The molecule has 0 aliphatic carbocycles. The Balaban J connectivity index is 1.30. The molecule has 0 saturated carbocycles. The highest BCUT2D eigenvalue weighted by atomic mass is 16.3. The Labute approximate surface area is 219 Å². The molecule has 184 valence electrons. The van der Waals surface area contributed by atoms with Crippen molar-refractivity contribution in [1.29, 1.82) is 0 Å². The Morgan fingerprint density at radius 3 is 2.56 bits per heavy atom. The van der Waals surface area contributed by atoms with Gasteiger partial charge in [-0.25, -0.2) is 29.9 Å². The second kappa shape index (κ2) is 8.35. The largest absolute Gasteiger partial charge is 0.462 e. The van der Waals surface area contributed by atoms with Gasteiger partial charge in [-0.2, -0.15) is 4.68 Å². The zero-order valence-electron chi connectivity index (χ0n) is 20.1. The highest BCUT2D eigenvalue weighted by Gasteiger charge is 2.20. The van der Waals surface area contributed by atoms with Crippen molar-refractivity contribution < 1.29 is 4.42 Å². The molecule has 0 aliphatic rings. The van der Waals surface area contributed by atoms with Crippen molar-refractivity contribution in [3.05, 3.63) is 98.3 Å². The summed E-state index contributed by atoms with van der Waals surface area (Å²) in [5.41, 5.74) is 7.59. The van der Waals surface area contributed by atoms with Crippen molar-refractivity contribution in [1.82, 2.24) is 49.5 Å². The molecule has 0 atom stereocenters. The molecule has 0 unspecified atom stereocenters. The van der Waals surface area contributed by atoms with Gasteiger partial charge < -0.3 is 4.42 Å². The number of para-hydroxylation sites is 2. The summed E-state index contributed by atoms with van der Waals surface area (Å²) in [5, 5.41) is 9.89. The van der Waals surface area contributed by atoms with Crippen LogP contribution in [-0.4, -0.2) is 49.5 Å².